The molecule has 0 fully saturated rings. The smallest absolute Gasteiger partial charge is 0.0730 e. The maximum absolute atomic E-state index is 5.32. The topological polar surface area (TPSA) is 25.8 Å². The summed E-state index contributed by atoms with van der Waals surface area (Å²) in [5.41, 5.74) is 11.9. The number of nitrogens with zero attached hydrogens (tertiary/aromatic N) is 2. The van der Waals surface area contributed by atoms with Crippen LogP contribution >= 0.6 is 18.9 Å². The first kappa shape index (κ1) is 26.6. The summed E-state index contributed by atoms with van der Waals surface area (Å²) in [5, 5.41) is 4.29. The minimum atomic E-state index is -0.715. The molecular weight excluding hydrogens is 584 g/mol. The van der Waals surface area contributed by atoms with Gasteiger partial charge in [-0.05, 0) is 95.4 Å². The van der Waals surface area contributed by atoms with Gasteiger partial charge in [-0.15, -0.1) is 11.3 Å². The largest absolute Gasteiger partial charge is 0.248 e. The number of hydrogen-bond donors (Lipinski definition) is 0. The summed E-state index contributed by atoms with van der Waals surface area (Å²) in [7, 11) is -0.715. The van der Waals surface area contributed by atoms with Crippen LogP contribution in [0.1, 0.15) is 40.3 Å². The number of aromatic nitrogens is 2. The van der Waals surface area contributed by atoms with Crippen LogP contribution in [0.15, 0.2) is 115 Å². The van der Waals surface area contributed by atoms with Crippen LogP contribution in [0.2, 0.25) is 0 Å². The molecule has 214 valence electrons. The van der Waals surface area contributed by atoms with Crippen molar-refractivity contribution in [3.05, 3.63) is 149 Å². The van der Waals surface area contributed by atoms with Crippen LogP contribution in [-0.4, -0.2) is 9.97 Å². The first-order chi connectivity index (χ1) is 22.3. The molecule has 0 saturated heterocycles. The van der Waals surface area contributed by atoms with Gasteiger partial charge in [0, 0.05) is 30.8 Å². The zero-order valence-corrected chi connectivity index (χ0v) is 26.4. The summed E-state index contributed by atoms with van der Waals surface area (Å²) in [6.07, 6.45) is 12.3. The zero-order chi connectivity index (χ0) is 29.7. The molecule has 5 heterocycles. The number of aryl methyl sites for hydroxylation is 2. The van der Waals surface area contributed by atoms with Crippen molar-refractivity contribution in [2.24, 2.45) is 0 Å². The van der Waals surface area contributed by atoms with E-state index in [1.54, 1.807) is 0 Å². The number of thiophene rings is 1. The van der Waals surface area contributed by atoms with Gasteiger partial charge >= 0.3 is 0 Å². The summed E-state index contributed by atoms with van der Waals surface area (Å²) in [4.78, 5) is 10.6. The SMILES string of the molecule is C1=Cc2nc1cc1c3c(c(cc4nc(c(-c5ccccc5)c5ccc(s5)c2-c2ccccc2)C=C4)p1-c1ccccc1)CCC3. The minimum Gasteiger partial charge on any atom is -0.248 e. The van der Waals surface area contributed by atoms with Crippen molar-refractivity contribution < 1.29 is 0 Å². The van der Waals surface area contributed by atoms with Crippen molar-refractivity contribution in [1.82, 2.24) is 9.97 Å². The Labute approximate surface area is 267 Å². The predicted octanol–water partition coefficient (Wildman–Crippen LogP) is 11.9. The maximum atomic E-state index is 5.32. The van der Waals surface area contributed by atoms with E-state index in [1.165, 1.54) is 64.7 Å². The average molecular weight is 613 g/mol. The first-order valence-electron chi connectivity index (χ1n) is 15.5. The zero-order valence-electron chi connectivity index (χ0n) is 24.7. The fourth-order valence-electron chi connectivity index (χ4n) is 6.99. The second kappa shape index (κ2) is 11.0. The molecule has 0 amide bonds. The van der Waals surface area contributed by atoms with Crippen LogP contribution in [0.3, 0.4) is 0 Å². The van der Waals surface area contributed by atoms with Crippen molar-refractivity contribution in [2.75, 3.05) is 0 Å². The molecule has 45 heavy (non-hydrogen) atoms. The van der Waals surface area contributed by atoms with Gasteiger partial charge in [0.2, 0.25) is 0 Å². The number of fused-ring (bicyclic) bond motifs is 11. The van der Waals surface area contributed by atoms with E-state index in [4.69, 9.17) is 9.97 Å². The molecule has 0 radical (unpaired) electrons. The van der Waals surface area contributed by atoms with Crippen LogP contribution in [0.4, 0.5) is 0 Å². The first-order valence-corrected chi connectivity index (χ1v) is 17.7. The van der Waals surface area contributed by atoms with E-state index >= 15 is 0 Å². The molecule has 0 unspecified atom stereocenters. The number of benzene rings is 3. The summed E-state index contributed by atoms with van der Waals surface area (Å²) in [6.45, 7) is 0. The van der Waals surface area contributed by atoms with Gasteiger partial charge in [0.05, 0.1) is 22.8 Å². The van der Waals surface area contributed by atoms with Crippen molar-refractivity contribution in [3.63, 3.8) is 0 Å². The molecule has 9 rings (SSSR count). The number of rotatable bonds is 3. The van der Waals surface area contributed by atoms with Gasteiger partial charge in [-0.3, -0.25) is 0 Å². The van der Waals surface area contributed by atoms with Crippen molar-refractivity contribution >= 4 is 62.8 Å². The van der Waals surface area contributed by atoms with Gasteiger partial charge < -0.3 is 0 Å². The highest BCUT2D eigenvalue weighted by atomic mass is 32.1. The van der Waals surface area contributed by atoms with E-state index in [-0.39, 0.29) is 0 Å². The van der Waals surface area contributed by atoms with E-state index in [0.717, 1.165) is 35.6 Å². The standard InChI is InChI=1S/C41H29N2PS/c1-4-11-27(12-5-1)40-34-21-19-29(42-34)25-36-32-17-10-18-33(32)37(44(36)31-15-8-3-9-16-31)26-30-20-22-35(43-30)41(28-13-6-2-7-14-28)39-24-23-38(40)45-39/h1-9,11-16,19-26H,10,17-18H2. The third kappa shape index (κ3) is 4.63. The minimum absolute atomic E-state index is 0.715. The Hall–Kier alpha value is -4.82. The molecule has 0 saturated carbocycles. The molecule has 6 aromatic rings. The Morgan fingerprint density at radius 3 is 1.47 bits per heavy atom. The van der Waals surface area contributed by atoms with Crippen LogP contribution in [0, 0.1) is 0 Å². The molecule has 0 spiro atoms. The van der Waals surface area contributed by atoms with Gasteiger partial charge in [0.1, 0.15) is 0 Å². The highest BCUT2D eigenvalue weighted by Gasteiger charge is 2.23. The predicted molar refractivity (Wildman–Crippen MR) is 195 cm³/mol. The summed E-state index contributed by atoms with van der Waals surface area (Å²) < 4.78 is 2.41. The Morgan fingerprint density at radius 1 is 0.511 bits per heavy atom. The Balaban J connectivity index is 1.48. The van der Waals surface area contributed by atoms with E-state index < -0.39 is 7.53 Å². The third-order valence-electron chi connectivity index (χ3n) is 8.96. The second-order valence-electron chi connectivity index (χ2n) is 11.7. The monoisotopic (exact) mass is 612 g/mol. The molecule has 3 aromatic heterocycles. The van der Waals surface area contributed by atoms with Crippen LogP contribution < -0.4 is 0 Å². The summed E-state index contributed by atoms with van der Waals surface area (Å²) >= 11 is 1.82. The van der Waals surface area contributed by atoms with Crippen molar-refractivity contribution in [1.29, 1.82) is 0 Å². The Kier molecular flexibility index (Phi) is 6.47. The Morgan fingerprint density at radius 2 is 0.978 bits per heavy atom. The molecule has 4 heteroatoms. The normalized spacial score (nSPS) is 13.3. The molecule has 2 nitrogen and oxygen atoms in total. The lowest BCUT2D eigenvalue weighted by molar-refractivity contribution is 0.915. The van der Waals surface area contributed by atoms with Gasteiger partial charge in [0.15, 0.2) is 0 Å². The summed E-state index contributed by atoms with van der Waals surface area (Å²) in [6, 6.07) is 41.8. The molecule has 0 N–H and O–H groups in total. The third-order valence-corrected chi connectivity index (χ3v) is 12.7. The summed E-state index contributed by atoms with van der Waals surface area (Å²) in [5.74, 6) is 0. The van der Waals surface area contributed by atoms with Crippen molar-refractivity contribution in [3.8, 4) is 27.6 Å². The second-order valence-corrected chi connectivity index (χ2v) is 14.9. The van der Waals surface area contributed by atoms with Crippen LogP contribution in [-0.2, 0) is 12.8 Å². The molecule has 1 aliphatic carbocycles. The fraction of sp³-hybridized carbons (Fsp3) is 0.0732. The lowest BCUT2D eigenvalue weighted by atomic mass is 10.0. The highest BCUT2D eigenvalue weighted by molar-refractivity contribution is 7.67. The van der Waals surface area contributed by atoms with Gasteiger partial charge in [0.25, 0.3) is 0 Å². The fourth-order valence-corrected chi connectivity index (χ4v) is 11.0. The van der Waals surface area contributed by atoms with E-state index in [2.05, 4.69) is 140 Å². The molecule has 3 aromatic carbocycles. The van der Waals surface area contributed by atoms with Gasteiger partial charge in [-0.1, -0.05) is 98.5 Å². The molecule has 2 aliphatic heterocycles. The van der Waals surface area contributed by atoms with Gasteiger partial charge in [-0.25, -0.2) is 9.97 Å². The number of hydrogen-bond acceptors (Lipinski definition) is 3. The lowest BCUT2D eigenvalue weighted by Gasteiger charge is -2.05. The van der Waals surface area contributed by atoms with E-state index in [0.29, 0.717) is 0 Å². The van der Waals surface area contributed by atoms with Crippen molar-refractivity contribution in [2.45, 2.75) is 19.3 Å². The molecule has 8 bridgehead atoms. The van der Waals surface area contributed by atoms with E-state index in [9.17, 15) is 0 Å². The lowest BCUT2D eigenvalue weighted by Crippen LogP contribution is -1.83. The maximum Gasteiger partial charge on any atom is 0.0730 e. The van der Waals surface area contributed by atoms with Gasteiger partial charge in [-0.2, -0.15) is 0 Å². The average Bonchev–Trinajstić information content (AvgIpc) is 3.92. The molecular formula is C41H29N2PS. The van der Waals surface area contributed by atoms with E-state index in [1.807, 2.05) is 11.3 Å². The van der Waals surface area contributed by atoms with Crippen LogP contribution in [0.5, 0.6) is 0 Å². The molecule has 0 atom stereocenters. The quantitative estimate of drug-likeness (QED) is 0.198. The van der Waals surface area contributed by atoms with Crippen LogP contribution in [0.25, 0.3) is 71.5 Å². The highest BCUT2D eigenvalue weighted by Crippen LogP contribution is 2.56. The molecule has 3 aliphatic rings. The Bertz CT molecular complexity index is 2190.